The van der Waals surface area contributed by atoms with Crippen molar-refractivity contribution in [3.8, 4) is 5.75 Å². The largest absolute Gasteiger partial charge is 0.497 e. The van der Waals surface area contributed by atoms with Crippen molar-refractivity contribution in [3.05, 3.63) is 107 Å². The molecule has 0 heterocycles. The van der Waals surface area contributed by atoms with Gasteiger partial charge in [-0.3, -0.25) is 4.79 Å². The van der Waals surface area contributed by atoms with E-state index in [1.165, 1.54) is 13.2 Å². The molecule has 1 amide bonds. The number of nitrogens with one attached hydrogen (secondary N) is 1. The summed E-state index contributed by atoms with van der Waals surface area (Å²) in [5.41, 5.74) is 3.19. The molecule has 0 aliphatic heterocycles. The quantitative estimate of drug-likeness (QED) is 0.471. The van der Waals surface area contributed by atoms with Crippen LogP contribution >= 0.6 is 0 Å². The summed E-state index contributed by atoms with van der Waals surface area (Å²) >= 11 is 0. The van der Waals surface area contributed by atoms with Crippen LogP contribution in [-0.2, 0) is 9.53 Å². The van der Waals surface area contributed by atoms with Gasteiger partial charge in [0.25, 0.3) is 0 Å². The molecule has 0 bridgehead atoms. The first-order chi connectivity index (χ1) is 14.6. The molecule has 5 heteroatoms. The van der Waals surface area contributed by atoms with Crippen LogP contribution in [0.4, 0.5) is 0 Å². The van der Waals surface area contributed by atoms with Crippen molar-refractivity contribution in [1.29, 1.82) is 0 Å². The summed E-state index contributed by atoms with van der Waals surface area (Å²) in [6.07, 6.45) is 3.18. The van der Waals surface area contributed by atoms with Crippen LogP contribution in [0.25, 0.3) is 6.08 Å². The maximum Gasteiger partial charge on any atom is 0.337 e. The average Bonchev–Trinajstić information content (AvgIpc) is 2.81. The molecule has 0 saturated carbocycles. The van der Waals surface area contributed by atoms with E-state index in [1.807, 2.05) is 54.6 Å². The van der Waals surface area contributed by atoms with Crippen LogP contribution in [0, 0.1) is 0 Å². The number of amides is 1. The molecule has 0 aliphatic rings. The Labute approximate surface area is 176 Å². The predicted octanol–water partition coefficient (Wildman–Crippen LogP) is 4.40. The number of methoxy groups -OCH3 is 2. The molecule has 0 radical (unpaired) electrons. The molecule has 1 atom stereocenters. The zero-order chi connectivity index (χ0) is 21.3. The van der Waals surface area contributed by atoms with Crippen LogP contribution in [-0.4, -0.2) is 26.1 Å². The van der Waals surface area contributed by atoms with Gasteiger partial charge in [0, 0.05) is 6.08 Å². The Kier molecular flexibility index (Phi) is 7.00. The van der Waals surface area contributed by atoms with Crippen LogP contribution in [0.5, 0.6) is 5.75 Å². The van der Waals surface area contributed by atoms with E-state index >= 15 is 0 Å². The van der Waals surface area contributed by atoms with Gasteiger partial charge in [-0.05, 0) is 47.0 Å². The van der Waals surface area contributed by atoms with Gasteiger partial charge in [-0.1, -0.05) is 54.6 Å². The number of carbonyl (C=O) groups is 2. The zero-order valence-electron chi connectivity index (χ0n) is 16.9. The molecule has 0 spiro atoms. The van der Waals surface area contributed by atoms with Gasteiger partial charge >= 0.3 is 5.97 Å². The van der Waals surface area contributed by atoms with E-state index in [1.54, 1.807) is 37.5 Å². The number of hydrogen-bond donors (Lipinski definition) is 1. The fourth-order valence-electron chi connectivity index (χ4n) is 3.01. The number of esters is 1. The van der Waals surface area contributed by atoms with E-state index in [4.69, 9.17) is 4.74 Å². The van der Waals surface area contributed by atoms with Gasteiger partial charge in [0.1, 0.15) is 5.75 Å². The van der Waals surface area contributed by atoms with Gasteiger partial charge in [0.2, 0.25) is 5.91 Å². The lowest BCUT2D eigenvalue weighted by atomic mass is 9.98. The summed E-state index contributed by atoms with van der Waals surface area (Å²) in [5.74, 6) is 0.136. The molecule has 3 aromatic carbocycles. The molecule has 152 valence electrons. The number of carbonyl (C=O) groups excluding carboxylic acids is 2. The minimum Gasteiger partial charge on any atom is -0.497 e. The first-order valence-corrected chi connectivity index (χ1v) is 9.46. The highest BCUT2D eigenvalue weighted by atomic mass is 16.5. The SMILES string of the molecule is COC(=O)c1ccc(/C=C/C(=O)NC(c2ccccc2)c2ccc(OC)cc2)cc1. The van der Waals surface area contributed by atoms with Crippen LogP contribution < -0.4 is 10.1 Å². The molecule has 1 N–H and O–H groups in total. The summed E-state index contributed by atoms with van der Waals surface area (Å²) in [4.78, 5) is 24.1. The maximum atomic E-state index is 12.6. The van der Waals surface area contributed by atoms with Gasteiger partial charge in [-0.15, -0.1) is 0 Å². The highest BCUT2D eigenvalue weighted by Crippen LogP contribution is 2.24. The molecule has 0 fully saturated rings. The molecular formula is C25H23NO4. The summed E-state index contributed by atoms with van der Waals surface area (Å²) in [5, 5.41) is 3.06. The van der Waals surface area contributed by atoms with E-state index < -0.39 is 5.97 Å². The Hall–Kier alpha value is -3.86. The summed E-state index contributed by atoms with van der Waals surface area (Å²) in [6, 6.07) is 23.9. The second kappa shape index (κ2) is 10.1. The maximum absolute atomic E-state index is 12.6. The van der Waals surface area contributed by atoms with E-state index in [0.29, 0.717) is 5.56 Å². The lowest BCUT2D eigenvalue weighted by Crippen LogP contribution is -2.27. The fourth-order valence-corrected chi connectivity index (χ4v) is 3.01. The van der Waals surface area contributed by atoms with Crippen LogP contribution in [0.2, 0.25) is 0 Å². The Morgan fingerprint density at radius 2 is 1.47 bits per heavy atom. The molecule has 30 heavy (non-hydrogen) atoms. The molecule has 0 aliphatic carbocycles. The molecule has 1 unspecified atom stereocenters. The van der Waals surface area contributed by atoms with E-state index in [0.717, 1.165) is 22.4 Å². The highest BCUT2D eigenvalue weighted by Gasteiger charge is 2.15. The molecule has 0 saturated heterocycles. The van der Waals surface area contributed by atoms with Gasteiger partial charge in [0.15, 0.2) is 0 Å². The summed E-state index contributed by atoms with van der Waals surface area (Å²) < 4.78 is 9.91. The second-order valence-corrected chi connectivity index (χ2v) is 6.57. The Morgan fingerprint density at radius 1 is 0.833 bits per heavy atom. The minimum atomic E-state index is -0.395. The number of hydrogen-bond acceptors (Lipinski definition) is 4. The van der Waals surface area contributed by atoms with Gasteiger partial charge in [-0.2, -0.15) is 0 Å². The first-order valence-electron chi connectivity index (χ1n) is 9.46. The van der Waals surface area contributed by atoms with E-state index in [9.17, 15) is 9.59 Å². The Balaban J connectivity index is 1.76. The van der Waals surface area contributed by atoms with Crippen molar-refractivity contribution in [1.82, 2.24) is 5.32 Å². The Bertz CT molecular complexity index is 1010. The van der Waals surface area contributed by atoms with Gasteiger partial charge < -0.3 is 14.8 Å². The number of rotatable bonds is 7. The molecule has 3 aromatic rings. The zero-order valence-corrected chi connectivity index (χ0v) is 16.9. The first kappa shape index (κ1) is 20.9. The van der Waals surface area contributed by atoms with Crippen molar-refractivity contribution in [2.45, 2.75) is 6.04 Å². The lowest BCUT2D eigenvalue weighted by Gasteiger charge is -2.19. The van der Waals surface area contributed by atoms with Crippen LogP contribution in [0.1, 0.15) is 33.1 Å². The van der Waals surface area contributed by atoms with Crippen molar-refractivity contribution in [3.63, 3.8) is 0 Å². The second-order valence-electron chi connectivity index (χ2n) is 6.57. The Morgan fingerprint density at radius 3 is 2.07 bits per heavy atom. The number of ether oxygens (including phenoxy) is 2. The average molecular weight is 401 g/mol. The smallest absolute Gasteiger partial charge is 0.337 e. The predicted molar refractivity (Wildman–Crippen MR) is 116 cm³/mol. The standard InChI is InChI=1S/C25H23NO4/c1-29-22-15-13-20(14-16-22)24(19-6-4-3-5-7-19)26-23(27)17-10-18-8-11-21(12-9-18)25(28)30-2/h3-17,24H,1-2H3,(H,26,27)/b17-10+. The van der Waals surface area contributed by atoms with E-state index in [2.05, 4.69) is 10.1 Å². The topological polar surface area (TPSA) is 64.6 Å². The van der Waals surface area contributed by atoms with Gasteiger partial charge in [0.05, 0.1) is 25.8 Å². The third-order valence-corrected chi connectivity index (χ3v) is 4.63. The molecular weight excluding hydrogens is 378 g/mol. The molecule has 3 rings (SSSR count). The van der Waals surface area contributed by atoms with Crippen molar-refractivity contribution in [2.24, 2.45) is 0 Å². The highest BCUT2D eigenvalue weighted by molar-refractivity contribution is 5.93. The van der Waals surface area contributed by atoms with Crippen molar-refractivity contribution < 1.29 is 19.1 Å². The summed E-state index contributed by atoms with van der Waals surface area (Å²) in [6.45, 7) is 0. The van der Waals surface area contributed by atoms with Crippen molar-refractivity contribution in [2.75, 3.05) is 14.2 Å². The third kappa shape index (κ3) is 5.35. The molecule has 0 aromatic heterocycles. The minimum absolute atomic E-state index is 0.225. The fraction of sp³-hybridized carbons (Fsp3) is 0.120. The van der Waals surface area contributed by atoms with Crippen LogP contribution in [0.15, 0.2) is 84.9 Å². The van der Waals surface area contributed by atoms with Gasteiger partial charge in [-0.25, -0.2) is 4.79 Å². The normalized spacial score (nSPS) is 11.7. The number of benzene rings is 3. The monoisotopic (exact) mass is 401 g/mol. The van der Waals surface area contributed by atoms with Crippen molar-refractivity contribution >= 4 is 18.0 Å². The van der Waals surface area contributed by atoms with E-state index in [-0.39, 0.29) is 11.9 Å². The molecule has 5 nitrogen and oxygen atoms in total. The van der Waals surface area contributed by atoms with Crippen LogP contribution in [0.3, 0.4) is 0 Å². The lowest BCUT2D eigenvalue weighted by molar-refractivity contribution is -0.116. The summed E-state index contributed by atoms with van der Waals surface area (Å²) in [7, 11) is 2.96. The third-order valence-electron chi connectivity index (χ3n) is 4.63.